The van der Waals surface area contributed by atoms with Gasteiger partial charge in [0, 0.05) is 19.3 Å². The van der Waals surface area contributed by atoms with E-state index in [2.05, 4.69) is 20.4 Å². The van der Waals surface area contributed by atoms with Gasteiger partial charge in [-0.1, -0.05) is 0 Å². The summed E-state index contributed by atoms with van der Waals surface area (Å²) in [5.74, 6) is 0.224. The monoisotopic (exact) mass is 346 g/mol. The number of anilines is 3. The van der Waals surface area contributed by atoms with Crippen LogP contribution < -0.4 is 10.2 Å². The molecule has 1 aliphatic heterocycles. The first-order chi connectivity index (χ1) is 11.9. The van der Waals surface area contributed by atoms with Crippen molar-refractivity contribution in [3.8, 4) is 0 Å². The largest absolute Gasteiger partial charge is 0.480 e. The van der Waals surface area contributed by atoms with Crippen molar-refractivity contribution in [2.45, 2.75) is 39.3 Å². The molecule has 9 nitrogen and oxygen atoms in total. The van der Waals surface area contributed by atoms with E-state index >= 15 is 0 Å². The summed E-state index contributed by atoms with van der Waals surface area (Å²) in [6.07, 6.45) is 3.07. The Bertz CT molecular complexity index is 775. The first-order valence-electron chi connectivity index (χ1n) is 8.23. The molecule has 25 heavy (non-hydrogen) atoms. The van der Waals surface area contributed by atoms with Crippen LogP contribution in [0.4, 0.5) is 17.5 Å². The quantitative estimate of drug-likeness (QED) is 0.736. The van der Waals surface area contributed by atoms with Gasteiger partial charge in [0.05, 0.1) is 23.2 Å². The Hall–Kier alpha value is -2.68. The number of aliphatic carboxylic acids is 1. The molecule has 134 valence electrons. The Morgan fingerprint density at radius 1 is 1.44 bits per heavy atom. The van der Waals surface area contributed by atoms with E-state index in [1.54, 1.807) is 20.0 Å². The third-order valence-electron chi connectivity index (χ3n) is 4.26. The van der Waals surface area contributed by atoms with Gasteiger partial charge in [0.25, 0.3) is 0 Å². The summed E-state index contributed by atoms with van der Waals surface area (Å²) in [5, 5.41) is 26.2. The molecule has 0 amide bonds. The van der Waals surface area contributed by atoms with Crippen LogP contribution in [0.5, 0.6) is 0 Å². The number of piperidine rings is 1. The molecule has 0 radical (unpaired) electrons. The number of aliphatic hydroxyl groups excluding tert-OH is 1. The minimum absolute atomic E-state index is 0.194. The fourth-order valence-corrected chi connectivity index (χ4v) is 3.02. The molecule has 2 aromatic rings. The van der Waals surface area contributed by atoms with Crippen LogP contribution in [0.25, 0.3) is 0 Å². The van der Waals surface area contributed by atoms with Crippen LogP contribution in [0.2, 0.25) is 0 Å². The zero-order valence-corrected chi connectivity index (χ0v) is 14.3. The van der Waals surface area contributed by atoms with E-state index in [9.17, 15) is 9.90 Å². The highest BCUT2D eigenvalue weighted by molar-refractivity contribution is 5.68. The van der Waals surface area contributed by atoms with E-state index in [0.29, 0.717) is 29.6 Å². The third-order valence-corrected chi connectivity index (χ3v) is 4.26. The topological polar surface area (TPSA) is 116 Å². The van der Waals surface area contributed by atoms with Crippen LogP contribution >= 0.6 is 0 Å². The van der Waals surface area contributed by atoms with Crippen molar-refractivity contribution in [2.24, 2.45) is 0 Å². The summed E-state index contributed by atoms with van der Waals surface area (Å²) in [7, 11) is 0. The lowest BCUT2D eigenvalue weighted by Gasteiger charge is -2.31. The number of hydrogen-bond donors (Lipinski definition) is 3. The number of nitrogens with one attached hydrogen (secondary N) is 1. The normalized spacial score (nSPS) is 17.6. The average Bonchev–Trinajstić information content (AvgIpc) is 2.82. The standard InChI is InChI=1S/C16H22N6O3/c1-10-15(11(2)22(20-10)9-14(24)25)19-16-17-6-5-13(18-16)21-7-3-4-12(23)8-21/h5-6,12,23H,3-4,7-9H2,1-2H3,(H,24,25)(H,17,18,19). The molecule has 1 aliphatic rings. The SMILES string of the molecule is Cc1nn(CC(=O)O)c(C)c1Nc1nccc(N2CCCC(O)C2)n1. The maximum atomic E-state index is 10.9. The maximum absolute atomic E-state index is 10.9. The molecule has 1 saturated heterocycles. The molecular formula is C16H22N6O3. The van der Waals surface area contributed by atoms with Crippen LogP contribution in [0.3, 0.4) is 0 Å². The second kappa shape index (κ2) is 7.06. The van der Waals surface area contributed by atoms with Crippen molar-refractivity contribution in [2.75, 3.05) is 23.3 Å². The van der Waals surface area contributed by atoms with E-state index < -0.39 is 5.97 Å². The van der Waals surface area contributed by atoms with Crippen LogP contribution in [0, 0.1) is 13.8 Å². The van der Waals surface area contributed by atoms with E-state index in [1.165, 1.54) is 4.68 Å². The summed E-state index contributed by atoms with van der Waals surface area (Å²) >= 11 is 0. The highest BCUT2D eigenvalue weighted by atomic mass is 16.4. The van der Waals surface area contributed by atoms with Crippen molar-refractivity contribution < 1.29 is 15.0 Å². The number of carboxylic acid groups (broad SMARTS) is 1. The van der Waals surface area contributed by atoms with Crippen molar-refractivity contribution in [3.05, 3.63) is 23.7 Å². The Morgan fingerprint density at radius 3 is 2.96 bits per heavy atom. The van der Waals surface area contributed by atoms with Gasteiger partial charge in [0.15, 0.2) is 0 Å². The fraction of sp³-hybridized carbons (Fsp3) is 0.500. The molecule has 3 rings (SSSR count). The van der Waals surface area contributed by atoms with Gasteiger partial charge in [0.1, 0.15) is 12.4 Å². The number of nitrogens with zero attached hydrogens (tertiary/aromatic N) is 5. The zero-order valence-electron chi connectivity index (χ0n) is 14.3. The molecule has 0 aliphatic carbocycles. The minimum atomic E-state index is -0.945. The van der Waals surface area contributed by atoms with Gasteiger partial charge >= 0.3 is 5.97 Å². The average molecular weight is 346 g/mol. The third kappa shape index (κ3) is 3.87. The predicted molar refractivity (Wildman–Crippen MR) is 92.1 cm³/mol. The second-order valence-electron chi connectivity index (χ2n) is 6.20. The zero-order chi connectivity index (χ0) is 18.0. The summed E-state index contributed by atoms with van der Waals surface area (Å²) in [6, 6.07) is 1.82. The number of hydrogen-bond acceptors (Lipinski definition) is 7. The molecule has 2 aromatic heterocycles. The molecule has 1 fully saturated rings. The number of β-amino-alcohol motifs (C(OH)–C–C–N with tert-alkyl or cyclic N) is 1. The van der Waals surface area contributed by atoms with E-state index in [1.807, 2.05) is 11.0 Å². The summed E-state index contributed by atoms with van der Waals surface area (Å²) < 4.78 is 1.44. The van der Waals surface area contributed by atoms with E-state index in [0.717, 1.165) is 25.2 Å². The summed E-state index contributed by atoms with van der Waals surface area (Å²) in [6.45, 7) is 4.82. The smallest absolute Gasteiger partial charge is 0.325 e. The highest BCUT2D eigenvalue weighted by Gasteiger charge is 2.20. The fourth-order valence-electron chi connectivity index (χ4n) is 3.02. The molecule has 9 heteroatoms. The van der Waals surface area contributed by atoms with Crippen molar-refractivity contribution in [1.29, 1.82) is 0 Å². The summed E-state index contributed by atoms with van der Waals surface area (Å²) in [4.78, 5) is 21.7. The molecule has 0 aromatic carbocycles. The molecule has 3 N–H and O–H groups in total. The summed E-state index contributed by atoms with van der Waals surface area (Å²) in [5.41, 5.74) is 2.10. The molecule has 3 heterocycles. The Labute approximate surface area is 145 Å². The van der Waals surface area contributed by atoms with Crippen LogP contribution in [0.1, 0.15) is 24.2 Å². The molecule has 1 atom stereocenters. The van der Waals surface area contributed by atoms with Crippen molar-refractivity contribution in [3.63, 3.8) is 0 Å². The number of rotatable bonds is 5. The van der Waals surface area contributed by atoms with Gasteiger partial charge in [-0.25, -0.2) is 4.98 Å². The minimum Gasteiger partial charge on any atom is -0.480 e. The lowest BCUT2D eigenvalue weighted by Crippen LogP contribution is -2.38. The number of aryl methyl sites for hydroxylation is 1. The van der Waals surface area contributed by atoms with Gasteiger partial charge < -0.3 is 20.4 Å². The van der Waals surface area contributed by atoms with Gasteiger partial charge in [-0.05, 0) is 32.8 Å². The maximum Gasteiger partial charge on any atom is 0.325 e. The predicted octanol–water partition coefficient (Wildman–Crippen LogP) is 1.08. The van der Waals surface area contributed by atoms with Gasteiger partial charge in [-0.2, -0.15) is 10.1 Å². The van der Waals surface area contributed by atoms with Crippen LogP contribution in [0.15, 0.2) is 12.3 Å². The lowest BCUT2D eigenvalue weighted by molar-refractivity contribution is -0.137. The van der Waals surface area contributed by atoms with E-state index in [4.69, 9.17) is 5.11 Å². The molecule has 0 bridgehead atoms. The molecule has 0 saturated carbocycles. The first-order valence-corrected chi connectivity index (χ1v) is 8.23. The van der Waals surface area contributed by atoms with Crippen LogP contribution in [-0.4, -0.2) is 55.1 Å². The number of carbonyl (C=O) groups is 1. The number of aromatic nitrogens is 4. The van der Waals surface area contributed by atoms with Gasteiger partial charge in [-0.3, -0.25) is 9.48 Å². The molecule has 1 unspecified atom stereocenters. The van der Waals surface area contributed by atoms with Crippen molar-refractivity contribution >= 4 is 23.4 Å². The van der Waals surface area contributed by atoms with Gasteiger partial charge in [-0.15, -0.1) is 0 Å². The molecule has 0 spiro atoms. The first kappa shape index (κ1) is 17.2. The Kier molecular flexibility index (Phi) is 4.84. The highest BCUT2D eigenvalue weighted by Crippen LogP contribution is 2.24. The Morgan fingerprint density at radius 2 is 2.24 bits per heavy atom. The number of carboxylic acids is 1. The number of aliphatic hydroxyl groups is 1. The second-order valence-corrected chi connectivity index (χ2v) is 6.20. The van der Waals surface area contributed by atoms with E-state index in [-0.39, 0.29) is 12.6 Å². The lowest BCUT2D eigenvalue weighted by atomic mass is 10.1. The Balaban J connectivity index is 1.81. The molecular weight excluding hydrogens is 324 g/mol. The van der Waals surface area contributed by atoms with Crippen molar-refractivity contribution in [1.82, 2.24) is 19.7 Å². The van der Waals surface area contributed by atoms with Gasteiger partial charge in [0.2, 0.25) is 5.95 Å². The van der Waals surface area contributed by atoms with Crippen LogP contribution in [-0.2, 0) is 11.3 Å².